The van der Waals surface area contributed by atoms with E-state index >= 15 is 0 Å². The van der Waals surface area contributed by atoms with Gasteiger partial charge in [-0.2, -0.15) is 0 Å². The van der Waals surface area contributed by atoms with Crippen molar-refractivity contribution >= 4 is 17.5 Å². The van der Waals surface area contributed by atoms with Gasteiger partial charge in [-0.3, -0.25) is 4.79 Å². The molecule has 0 N–H and O–H groups in total. The summed E-state index contributed by atoms with van der Waals surface area (Å²) in [4.78, 5) is 20.3. The van der Waals surface area contributed by atoms with Crippen molar-refractivity contribution in [1.82, 2.24) is 9.97 Å². The van der Waals surface area contributed by atoms with Crippen molar-refractivity contribution in [1.29, 1.82) is 0 Å². The number of thioether (sulfide) groups is 1. The maximum atomic E-state index is 11.9. The second kappa shape index (κ2) is 6.86. The highest BCUT2D eigenvalue weighted by molar-refractivity contribution is 8.02. The molecule has 0 radical (unpaired) electrons. The monoisotopic (exact) mass is 286 g/mol. The zero-order valence-corrected chi connectivity index (χ0v) is 12.1. The fourth-order valence-corrected chi connectivity index (χ4v) is 2.12. The van der Waals surface area contributed by atoms with E-state index in [9.17, 15) is 4.79 Å². The lowest BCUT2D eigenvalue weighted by molar-refractivity contribution is 0.104. The van der Waals surface area contributed by atoms with Crippen molar-refractivity contribution in [3.05, 3.63) is 59.3 Å². The van der Waals surface area contributed by atoms with E-state index in [1.165, 1.54) is 17.8 Å². The number of aryl methyl sites for hydroxylation is 1. The number of rotatable bonds is 5. The third-order valence-corrected chi connectivity index (χ3v) is 3.22. The molecular formula is C15H14N2O2S. The molecular weight excluding hydrogens is 272 g/mol. The SMILES string of the molecule is COc1ccc(C(=O)/C=C/Sc2nccc(C)n2)cc1. The molecule has 2 rings (SSSR count). The standard InChI is InChI=1S/C15H14N2O2S/c1-11-7-9-16-15(17-11)20-10-8-14(18)12-3-5-13(19-2)6-4-12/h3-10H,1-2H3/b10-8+. The number of aromatic nitrogens is 2. The van der Waals surface area contributed by atoms with Gasteiger partial charge < -0.3 is 4.74 Å². The largest absolute Gasteiger partial charge is 0.497 e. The molecule has 0 aliphatic carbocycles. The Kier molecular flexibility index (Phi) is 4.90. The smallest absolute Gasteiger partial charge is 0.192 e. The summed E-state index contributed by atoms with van der Waals surface area (Å²) in [5, 5.41) is 2.32. The molecule has 0 aliphatic rings. The number of ether oxygens (including phenoxy) is 1. The molecule has 5 heteroatoms. The Morgan fingerprint density at radius 3 is 2.65 bits per heavy atom. The molecule has 0 atom stereocenters. The summed E-state index contributed by atoms with van der Waals surface area (Å²) in [6, 6.07) is 8.82. The first-order valence-electron chi connectivity index (χ1n) is 6.00. The fraction of sp³-hybridized carbons (Fsp3) is 0.133. The highest BCUT2D eigenvalue weighted by Crippen LogP contribution is 2.15. The molecule has 4 nitrogen and oxygen atoms in total. The van der Waals surface area contributed by atoms with E-state index in [1.807, 2.05) is 13.0 Å². The van der Waals surface area contributed by atoms with Crippen LogP contribution in [0, 0.1) is 6.92 Å². The van der Waals surface area contributed by atoms with Gasteiger partial charge in [0.1, 0.15) is 5.75 Å². The Morgan fingerprint density at radius 2 is 2.00 bits per heavy atom. The quantitative estimate of drug-likeness (QED) is 0.365. The topological polar surface area (TPSA) is 52.1 Å². The number of allylic oxidation sites excluding steroid dienone is 1. The summed E-state index contributed by atoms with van der Waals surface area (Å²) in [6.45, 7) is 1.90. The Hall–Kier alpha value is -2.14. The second-order valence-electron chi connectivity index (χ2n) is 3.99. The Balaban J connectivity index is 1.98. The maximum Gasteiger partial charge on any atom is 0.192 e. The van der Waals surface area contributed by atoms with Gasteiger partial charge in [0.15, 0.2) is 10.9 Å². The highest BCUT2D eigenvalue weighted by Gasteiger charge is 2.02. The average molecular weight is 286 g/mol. The van der Waals surface area contributed by atoms with E-state index in [4.69, 9.17) is 4.74 Å². The van der Waals surface area contributed by atoms with Crippen molar-refractivity contribution in [2.24, 2.45) is 0 Å². The third-order valence-electron chi connectivity index (χ3n) is 2.54. The first-order chi connectivity index (χ1) is 9.69. The van der Waals surface area contributed by atoms with Crippen LogP contribution in [0.4, 0.5) is 0 Å². The van der Waals surface area contributed by atoms with Crippen LogP contribution in [0.5, 0.6) is 5.75 Å². The number of carbonyl (C=O) groups is 1. The molecule has 1 heterocycles. The first kappa shape index (κ1) is 14.3. The van der Waals surface area contributed by atoms with Crippen LogP contribution in [0.2, 0.25) is 0 Å². The van der Waals surface area contributed by atoms with Crippen LogP contribution in [0.15, 0.2) is 53.2 Å². The molecule has 0 saturated carbocycles. The molecule has 1 aromatic heterocycles. The van der Waals surface area contributed by atoms with Crippen molar-refractivity contribution in [3.8, 4) is 5.75 Å². The molecule has 2 aromatic rings. The number of hydrogen-bond donors (Lipinski definition) is 0. The molecule has 0 amide bonds. The summed E-state index contributed by atoms with van der Waals surface area (Å²) < 4.78 is 5.05. The molecule has 0 spiro atoms. The predicted octanol–water partition coefficient (Wildman–Crippen LogP) is 3.28. The lowest BCUT2D eigenvalue weighted by Gasteiger charge is -2.00. The van der Waals surface area contributed by atoms with Gasteiger partial charge in [-0.15, -0.1) is 0 Å². The summed E-state index contributed by atoms with van der Waals surface area (Å²) in [5.74, 6) is 0.667. The zero-order valence-electron chi connectivity index (χ0n) is 11.2. The average Bonchev–Trinajstić information content (AvgIpc) is 2.47. The van der Waals surface area contributed by atoms with Crippen molar-refractivity contribution in [3.63, 3.8) is 0 Å². The summed E-state index contributed by atoms with van der Waals surface area (Å²) in [7, 11) is 1.59. The van der Waals surface area contributed by atoms with Gasteiger partial charge in [0.25, 0.3) is 0 Å². The third kappa shape index (κ3) is 3.93. The van der Waals surface area contributed by atoms with Crippen LogP contribution in [0.25, 0.3) is 0 Å². The minimum absolute atomic E-state index is 0.0622. The van der Waals surface area contributed by atoms with Crippen LogP contribution >= 0.6 is 11.8 Å². The van der Waals surface area contributed by atoms with E-state index in [-0.39, 0.29) is 5.78 Å². The van der Waals surface area contributed by atoms with Gasteiger partial charge in [0, 0.05) is 17.5 Å². The lowest BCUT2D eigenvalue weighted by atomic mass is 10.1. The van der Waals surface area contributed by atoms with Gasteiger partial charge in [0.05, 0.1) is 7.11 Å². The number of benzene rings is 1. The van der Waals surface area contributed by atoms with Gasteiger partial charge in [-0.05, 0) is 48.7 Å². The first-order valence-corrected chi connectivity index (χ1v) is 6.88. The number of ketones is 1. The predicted molar refractivity (Wildman–Crippen MR) is 79.1 cm³/mol. The van der Waals surface area contributed by atoms with Crippen LogP contribution in [0.1, 0.15) is 16.1 Å². The van der Waals surface area contributed by atoms with Crippen LogP contribution in [-0.4, -0.2) is 22.9 Å². The molecule has 1 aromatic carbocycles. The molecule has 20 heavy (non-hydrogen) atoms. The molecule has 102 valence electrons. The van der Waals surface area contributed by atoms with E-state index in [0.29, 0.717) is 10.7 Å². The van der Waals surface area contributed by atoms with Crippen molar-refractivity contribution < 1.29 is 9.53 Å². The van der Waals surface area contributed by atoms with E-state index in [1.54, 1.807) is 43.0 Å². The van der Waals surface area contributed by atoms with Crippen LogP contribution in [-0.2, 0) is 0 Å². The molecule has 0 bridgehead atoms. The fourth-order valence-electron chi connectivity index (χ4n) is 1.49. The van der Waals surface area contributed by atoms with Gasteiger partial charge >= 0.3 is 0 Å². The Labute approximate surface area is 121 Å². The van der Waals surface area contributed by atoms with Crippen LogP contribution < -0.4 is 4.74 Å². The summed E-state index contributed by atoms with van der Waals surface area (Å²) in [6.07, 6.45) is 3.21. The van der Waals surface area contributed by atoms with Gasteiger partial charge in [-0.1, -0.05) is 11.8 Å². The number of methoxy groups -OCH3 is 1. The minimum atomic E-state index is -0.0622. The maximum absolute atomic E-state index is 11.9. The number of carbonyl (C=O) groups excluding carboxylic acids is 1. The van der Waals surface area contributed by atoms with Gasteiger partial charge in [-0.25, -0.2) is 9.97 Å². The molecule has 0 aliphatic heterocycles. The summed E-state index contributed by atoms with van der Waals surface area (Å²) >= 11 is 1.32. The molecule has 0 fully saturated rings. The Bertz CT molecular complexity index is 624. The molecule has 0 unspecified atom stereocenters. The minimum Gasteiger partial charge on any atom is -0.497 e. The van der Waals surface area contributed by atoms with Crippen LogP contribution in [0.3, 0.4) is 0 Å². The van der Waals surface area contributed by atoms with Crippen molar-refractivity contribution in [2.75, 3.05) is 7.11 Å². The van der Waals surface area contributed by atoms with Crippen molar-refractivity contribution in [2.45, 2.75) is 12.1 Å². The zero-order chi connectivity index (χ0) is 14.4. The van der Waals surface area contributed by atoms with E-state index < -0.39 is 0 Å². The normalized spacial score (nSPS) is 10.7. The number of hydrogen-bond acceptors (Lipinski definition) is 5. The lowest BCUT2D eigenvalue weighted by Crippen LogP contribution is -1.94. The summed E-state index contributed by atoms with van der Waals surface area (Å²) in [5.41, 5.74) is 1.52. The van der Waals surface area contributed by atoms with E-state index in [2.05, 4.69) is 9.97 Å². The van der Waals surface area contributed by atoms with Gasteiger partial charge in [0.2, 0.25) is 0 Å². The van der Waals surface area contributed by atoms with E-state index in [0.717, 1.165) is 11.4 Å². The highest BCUT2D eigenvalue weighted by atomic mass is 32.2. The second-order valence-corrected chi connectivity index (χ2v) is 4.87. The molecule has 0 saturated heterocycles. The number of nitrogens with zero attached hydrogens (tertiary/aromatic N) is 2. The Morgan fingerprint density at radius 1 is 1.25 bits per heavy atom.